The van der Waals surface area contributed by atoms with Crippen LogP contribution in [0.2, 0.25) is 0 Å². The van der Waals surface area contributed by atoms with E-state index in [0.717, 1.165) is 11.8 Å². The van der Waals surface area contributed by atoms with Crippen LogP contribution in [0.25, 0.3) is 16.8 Å². The van der Waals surface area contributed by atoms with E-state index in [9.17, 15) is 24.5 Å². The lowest BCUT2D eigenvalue weighted by atomic mass is 10.1. The van der Waals surface area contributed by atoms with Crippen LogP contribution in [0, 0.1) is 0 Å². The lowest BCUT2D eigenvalue weighted by molar-refractivity contribution is -0.0228. The molecule has 2 fully saturated rings. The van der Waals surface area contributed by atoms with Crippen molar-refractivity contribution in [2.24, 2.45) is 0 Å². The number of nitrogens with zero attached hydrogens (tertiary/aromatic N) is 8. The van der Waals surface area contributed by atoms with Crippen LogP contribution >= 0.6 is 38.0 Å². The van der Waals surface area contributed by atoms with Crippen LogP contribution in [0.3, 0.4) is 0 Å². The van der Waals surface area contributed by atoms with Crippen molar-refractivity contribution in [1.82, 2.24) is 44.5 Å². The zero-order valence-electron chi connectivity index (χ0n) is 22.0. The van der Waals surface area contributed by atoms with Gasteiger partial charge >= 0.3 is 13.9 Å². The van der Waals surface area contributed by atoms with Gasteiger partial charge in [0.05, 0.1) is 36.9 Å². The molecule has 0 aliphatic carbocycles. The molecule has 2 saturated heterocycles. The summed E-state index contributed by atoms with van der Waals surface area (Å²) in [5.74, 6) is -0.0848. The third-order valence-electron chi connectivity index (χ3n) is 6.87. The molecule has 9 unspecified atom stereocenters. The molecule has 4 aromatic heterocycles. The van der Waals surface area contributed by atoms with Crippen molar-refractivity contribution >= 4 is 78.5 Å². The molecule has 2 aliphatic rings. The van der Waals surface area contributed by atoms with E-state index in [1.165, 1.54) is 21.7 Å². The number of aromatic amines is 1. The minimum absolute atomic E-state index is 0.0127. The molecule has 6 rings (SSSR count). The average Bonchev–Trinajstić information content (AvgIpc) is 3.73. The molecule has 6 heterocycles. The molecule has 0 bridgehead atoms. The largest absolute Gasteiger partial charge is 0.582 e. The number of nitrogens with two attached hydrogens (primary N) is 2. The van der Waals surface area contributed by atoms with Gasteiger partial charge in [-0.2, -0.15) is 14.6 Å². The summed E-state index contributed by atoms with van der Waals surface area (Å²) in [5, 5.41) is 31.0. The minimum atomic E-state index is -4.15. The van der Waals surface area contributed by atoms with E-state index >= 15 is 0 Å². The van der Waals surface area contributed by atoms with Crippen LogP contribution < -0.4 is 17.0 Å². The first kappa shape index (κ1) is 31.6. The lowest BCUT2D eigenvalue weighted by Crippen LogP contribution is -2.35. The van der Waals surface area contributed by atoms with Crippen LogP contribution in [0.5, 0.6) is 0 Å². The molecule has 0 radical (unpaired) electrons. The third-order valence-corrected chi connectivity index (χ3v) is 10.7. The maximum atomic E-state index is 12.3. The number of anilines is 2. The number of thiol groups is 1. The topological polar surface area (TPSA) is 286 Å². The Hall–Kier alpha value is -2.40. The van der Waals surface area contributed by atoms with E-state index in [4.69, 9.17) is 41.6 Å². The quantitative estimate of drug-likeness (QED) is 0.0784. The van der Waals surface area contributed by atoms with Crippen molar-refractivity contribution in [3.05, 3.63) is 28.4 Å². The first-order valence-corrected chi connectivity index (χ1v) is 18.5. The minimum Gasteiger partial charge on any atom is -0.395 e. The number of aliphatic hydroxyl groups excluding tert-OH is 2. The van der Waals surface area contributed by atoms with Crippen LogP contribution in [0.1, 0.15) is 23.5 Å². The van der Waals surface area contributed by atoms with Crippen molar-refractivity contribution in [2.75, 3.05) is 24.7 Å². The zero-order valence-corrected chi connectivity index (χ0v) is 26.3. The Morgan fingerprint density at radius 3 is 2.89 bits per heavy atom. The number of nitrogen functional groups attached to an aromatic ring is 2. The Morgan fingerprint density at radius 1 is 1.34 bits per heavy atom. The number of ether oxygens (including phenoxy) is 1. The molecule has 0 amide bonds. The summed E-state index contributed by atoms with van der Waals surface area (Å²) in [4.78, 5) is 37.8. The van der Waals surface area contributed by atoms with Gasteiger partial charge in [-0.3, -0.25) is 14.3 Å². The summed E-state index contributed by atoms with van der Waals surface area (Å²) < 4.78 is 37.3. The molecule has 2 aliphatic heterocycles. The SMILES string of the molecule is Nc1nc2c(nnn2C2SC(CO)C(O)C2OP(O)(=S)OCC2OC(c3cnn4c(N)ncnc34)CC2O[P+](=O)S)c(=O)[nH]1. The smallest absolute Gasteiger partial charge is 0.395 e. The number of thioether (sulfide) groups is 1. The number of aliphatic hydroxyl groups is 2. The lowest BCUT2D eigenvalue weighted by Gasteiger charge is -2.27. The second kappa shape index (κ2) is 12.4. The molecule has 44 heavy (non-hydrogen) atoms. The monoisotopic (exact) mass is 708 g/mol. The predicted octanol–water partition coefficient (Wildman–Crippen LogP) is -0.795. The number of nitrogens with one attached hydrogen (secondary N) is 1. The summed E-state index contributed by atoms with van der Waals surface area (Å²) in [7, 11) is -2.35. The van der Waals surface area contributed by atoms with E-state index in [1.54, 1.807) is 0 Å². The van der Waals surface area contributed by atoms with Crippen molar-refractivity contribution in [1.29, 1.82) is 0 Å². The van der Waals surface area contributed by atoms with Crippen LogP contribution in [0.15, 0.2) is 17.3 Å². The highest BCUT2D eigenvalue weighted by atomic mass is 32.7. The second-order valence-corrected chi connectivity index (χ2v) is 15.4. The Labute approximate surface area is 261 Å². The highest BCUT2D eigenvalue weighted by molar-refractivity contribution is 8.39. The molecule has 0 saturated carbocycles. The van der Waals surface area contributed by atoms with E-state index in [1.807, 2.05) is 0 Å². The van der Waals surface area contributed by atoms with Gasteiger partial charge in [-0.25, -0.2) is 14.6 Å². The number of rotatable bonds is 10. The van der Waals surface area contributed by atoms with E-state index in [0.29, 0.717) is 11.2 Å². The first-order valence-electron chi connectivity index (χ1n) is 12.6. The summed E-state index contributed by atoms with van der Waals surface area (Å²) in [6.07, 6.45) is -2.02. The molecule has 20 nitrogen and oxygen atoms in total. The Bertz CT molecular complexity index is 1830. The maximum Gasteiger partial charge on any atom is 0.582 e. The van der Waals surface area contributed by atoms with Gasteiger partial charge in [0.15, 0.2) is 16.8 Å². The summed E-state index contributed by atoms with van der Waals surface area (Å²) in [6, 6.07) is 0. The summed E-state index contributed by atoms with van der Waals surface area (Å²) in [6.45, 7) is -4.98. The van der Waals surface area contributed by atoms with E-state index < -0.39 is 67.3 Å². The van der Waals surface area contributed by atoms with E-state index in [2.05, 4.69) is 47.6 Å². The molecule has 236 valence electrons. The maximum absolute atomic E-state index is 12.3. The molecule has 8 N–H and O–H groups in total. The fraction of sp³-hybridized carbons (Fsp3) is 0.526. The van der Waals surface area contributed by atoms with Gasteiger partial charge in [-0.1, -0.05) is 5.21 Å². The standard InChI is InChI=1S/C19H23N11O9P2S3/c20-18-25-15-11(16(33)26-18)27-28-29(15)17-13(12(32)10(3-31)44-17)39-41(35,43)36-4-9-8(38-40(34)42)1-7(37-9)6-2-24-30-14(6)22-5-23-19(30)21/h2,5,7-10,12-13,17,31-32H,1,3-4H2,(H6-,20,21,22,23,24,25,26,28,33,34,35,42,43)/p+1. The van der Waals surface area contributed by atoms with Crippen molar-refractivity contribution < 1.29 is 38.0 Å². The van der Waals surface area contributed by atoms with Crippen LogP contribution in [-0.2, 0) is 34.7 Å². The predicted molar refractivity (Wildman–Crippen MR) is 160 cm³/mol. The molecule has 0 spiro atoms. The van der Waals surface area contributed by atoms with Gasteiger partial charge in [-0.05, 0) is 16.4 Å². The van der Waals surface area contributed by atoms with E-state index in [-0.39, 0.29) is 36.1 Å². The summed E-state index contributed by atoms with van der Waals surface area (Å²) in [5.41, 5.74) is 11.7. The number of fused-ring (bicyclic) bond motifs is 2. The van der Waals surface area contributed by atoms with Gasteiger partial charge in [0.1, 0.15) is 42.3 Å². The Balaban J connectivity index is 1.20. The Morgan fingerprint density at radius 2 is 2.14 bits per heavy atom. The molecular formula is C19H24N11O9P2S3+. The van der Waals surface area contributed by atoms with Crippen LogP contribution in [-0.4, -0.2) is 103 Å². The number of aromatic nitrogens is 9. The normalized spacial score (nSPS) is 29.0. The van der Waals surface area contributed by atoms with Gasteiger partial charge in [-0.15, -0.1) is 21.4 Å². The molecule has 0 aromatic carbocycles. The fourth-order valence-corrected chi connectivity index (χ4v) is 8.64. The highest BCUT2D eigenvalue weighted by Crippen LogP contribution is 2.54. The summed E-state index contributed by atoms with van der Waals surface area (Å²) >= 11 is 10.2. The van der Waals surface area contributed by atoms with Gasteiger partial charge in [0, 0.05) is 12.0 Å². The number of hydrogen-bond donors (Lipinski definition) is 7. The number of H-pyrrole nitrogens is 1. The fourth-order valence-electron chi connectivity index (χ4n) is 4.93. The second-order valence-electron chi connectivity index (χ2n) is 9.58. The average molecular weight is 709 g/mol. The van der Waals surface area contributed by atoms with Gasteiger partial charge < -0.3 is 35.8 Å². The molecule has 4 aromatic rings. The highest BCUT2D eigenvalue weighted by Gasteiger charge is 2.49. The first-order chi connectivity index (χ1) is 21.0. The van der Waals surface area contributed by atoms with Crippen molar-refractivity contribution in [3.63, 3.8) is 0 Å². The number of hydrogen-bond acceptors (Lipinski definition) is 18. The Kier molecular flexibility index (Phi) is 8.91. The third kappa shape index (κ3) is 6.07. The van der Waals surface area contributed by atoms with Crippen molar-refractivity contribution in [3.8, 4) is 0 Å². The van der Waals surface area contributed by atoms with Gasteiger partial charge in [0.2, 0.25) is 11.9 Å². The van der Waals surface area contributed by atoms with Crippen molar-refractivity contribution in [2.45, 2.75) is 47.6 Å². The van der Waals surface area contributed by atoms with Gasteiger partial charge in [0.25, 0.3) is 5.56 Å². The molecule has 9 atom stereocenters. The van der Waals surface area contributed by atoms with Crippen LogP contribution in [0.4, 0.5) is 11.9 Å². The molecule has 25 heteroatoms. The molecular weight excluding hydrogens is 684 g/mol. The zero-order chi connectivity index (χ0) is 31.3.